The van der Waals surface area contributed by atoms with Gasteiger partial charge in [0.05, 0.1) is 13.2 Å². The summed E-state index contributed by atoms with van der Waals surface area (Å²) in [5.41, 5.74) is 0.734. The van der Waals surface area contributed by atoms with Crippen LogP contribution in [0.25, 0.3) is 0 Å². The van der Waals surface area contributed by atoms with E-state index in [1.807, 2.05) is 30.3 Å². The number of benzene rings is 1. The second-order valence-electron chi connectivity index (χ2n) is 5.63. The molecule has 0 fully saturated rings. The molecule has 148 valence electrons. The van der Waals surface area contributed by atoms with Crippen molar-refractivity contribution in [1.82, 2.24) is 14.0 Å². The number of pyridine rings is 1. The summed E-state index contributed by atoms with van der Waals surface area (Å²) in [6.45, 7) is 1.21. The van der Waals surface area contributed by atoms with Crippen LogP contribution in [0.1, 0.15) is 5.56 Å². The Morgan fingerprint density at radius 1 is 1.04 bits per heavy atom. The van der Waals surface area contributed by atoms with Crippen molar-refractivity contribution in [3.05, 3.63) is 54.2 Å². The number of nitrogens with one attached hydrogen (secondary N) is 1. The molecule has 0 amide bonds. The largest absolute Gasteiger partial charge is 0.439 e. The fourth-order valence-corrected chi connectivity index (χ4v) is 3.39. The zero-order chi connectivity index (χ0) is 19.5. The SMILES string of the molecule is COCCN(CCOC)S(=O)(=O)NCc1ccnc(Oc2ccccc2)c1. The van der Waals surface area contributed by atoms with Crippen LogP contribution in [-0.4, -0.2) is 58.2 Å². The summed E-state index contributed by atoms with van der Waals surface area (Å²) >= 11 is 0. The van der Waals surface area contributed by atoms with Crippen molar-refractivity contribution < 1.29 is 22.6 Å². The van der Waals surface area contributed by atoms with Gasteiger partial charge in [-0.2, -0.15) is 17.4 Å². The third-order valence-electron chi connectivity index (χ3n) is 3.65. The first-order chi connectivity index (χ1) is 13.0. The van der Waals surface area contributed by atoms with Gasteiger partial charge in [-0.05, 0) is 23.8 Å². The Bertz CT molecular complexity index is 779. The van der Waals surface area contributed by atoms with Gasteiger partial charge >= 0.3 is 0 Å². The lowest BCUT2D eigenvalue weighted by Crippen LogP contribution is -2.43. The molecule has 1 aromatic carbocycles. The highest BCUT2D eigenvalue weighted by atomic mass is 32.2. The Kier molecular flexibility index (Phi) is 8.62. The minimum atomic E-state index is -3.67. The first-order valence-electron chi connectivity index (χ1n) is 8.45. The van der Waals surface area contributed by atoms with E-state index in [4.69, 9.17) is 14.2 Å². The van der Waals surface area contributed by atoms with Gasteiger partial charge in [0, 0.05) is 46.1 Å². The highest BCUT2D eigenvalue weighted by Crippen LogP contribution is 2.19. The third-order valence-corrected chi connectivity index (χ3v) is 5.21. The van der Waals surface area contributed by atoms with Crippen molar-refractivity contribution >= 4 is 10.2 Å². The molecule has 0 saturated heterocycles. The summed E-state index contributed by atoms with van der Waals surface area (Å²) < 4.78 is 44.6. The standard InChI is InChI=1S/C18H25N3O5S/c1-24-12-10-21(11-13-25-2)27(22,23)20-15-16-8-9-19-18(14-16)26-17-6-4-3-5-7-17/h3-9,14,20H,10-13,15H2,1-2H3. The predicted octanol–water partition coefficient (Wildman–Crippen LogP) is 1.80. The van der Waals surface area contributed by atoms with Crippen LogP contribution in [-0.2, 0) is 26.2 Å². The van der Waals surface area contributed by atoms with E-state index in [0.29, 0.717) is 24.8 Å². The van der Waals surface area contributed by atoms with Crippen molar-refractivity contribution in [1.29, 1.82) is 0 Å². The van der Waals surface area contributed by atoms with Crippen LogP contribution >= 0.6 is 0 Å². The van der Waals surface area contributed by atoms with Crippen molar-refractivity contribution in [2.75, 3.05) is 40.5 Å². The Balaban J connectivity index is 2.00. The second kappa shape index (κ2) is 11.0. The minimum Gasteiger partial charge on any atom is -0.439 e. The van der Waals surface area contributed by atoms with Crippen LogP contribution in [0.15, 0.2) is 48.7 Å². The van der Waals surface area contributed by atoms with Gasteiger partial charge in [0.15, 0.2) is 0 Å². The van der Waals surface area contributed by atoms with Gasteiger partial charge in [-0.1, -0.05) is 18.2 Å². The maximum atomic E-state index is 12.5. The van der Waals surface area contributed by atoms with Gasteiger partial charge in [-0.3, -0.25) is 0 Å². The number of rotatable bonds is 12. The predicted molar refractivity (Wildman–Crippen MR) is 102 cm³/mol. The number of aromatic nitrogens is 1. The minimum absolute atomic E-state index is 0.118. The molecule has 0 bridgehead atoms. The van der Waals surface area contributed by atoms with E-state index in [0.717, 1.165) is 5.56 Å². The van der Waals surface area contributed by atoms with Crippen molar-refractivity contribution in [3.63, 3.8) is 0 Å². The summed E-state index contributed by atoms with van der Waals surface area (Å²) in [7, 11) is -0.620. The maximum Gasteiger partial charge on any atom is 0.279 e. The molecule has 0 radical (unpaired) electrons. The fourth-order valence-electron chi connectivity index (χ4n) is 2.23. The van der Waals surface area contributed by atoms with E-state index in [1.165, 1.54) is 18.5 Å². The lowest BCUT2D eigenvalue weighted by molar-refractivity contribution is 0.149. The summed E-state index contributed by atoms with van der Waals surface area (Å²) in [4.78, 5) is 4.15. The lowest BCUT2D eigenvalue weighted by Gasteiger charge is -2.21. The molecule has 9 heteroatoms. The summed E-state index contributed by atoms with van der Waals surface area (Å²) in [5.74, 6) is 1.06. The molecule has 1 aromatic heterocycles. The number of hydrogen-bond acceptors (Lipinski definition) is 6. The van der Waals surface area contributed by atoms with E-state index in [2.05, 4.69) is 9.71 Å². The topological polar surface area (TPSA) is 90.0 Å². The van der Waals surface area contributed by atoms with E-state index < -0.39 is 10.2 Å². The molecule has 1 N–H and O–H groups in total. The molecular weight excluding hydrogens is 370 g/mol. The van der Waals surface area contributed by atoms with Gasteiger partial charge in [0.2, 0.25) is 5.88 Å². The number of hydrogen-bond donors (Lipinski definition) is 1. The van der Waals surface area contributed by atoms with E-state index in [-0.39, 0.29) is 19.6 Å². The highest BCUT2D eigenvalue weighted by Gasteiger charge is 2.21. The highest BCUT2D eigenvalue weighted by molar-refractivity contribution is 7.87. The van der Waals surface area contributed by atoms with Gasteiger partial charge < -0.3 is 14.2 Å². The molecule has 2 rings (SSSR count). The first kappa shape index (κ1) is 21.3. The molecule has 0 unspecified atom stereocenters. The molecular formula is C18H25N3O5S. The molecule has 0 saturated carbocycles. The molecule has 0 aliphatic heterocycles. The van der Waals surface area contributed by atoms with E-state index in [9.17, 15) is 8.42 Å². The number of nitrogens with zero attached hydrogens (tertiary/aromatic N) is 2. The van der Waals surface area contributed by atoms with Crippen LogP contribution in [0.5, 0.6) is 11.6 Å². The van der Waals surface area contributed by atoms with Crippen LogP contribution < -0.4 is 9.46 Å². The number of para-hydroxylation sites is 1. The van der Waals surface area contributed by atoms with Crippen molar-refractivity contribution in [2.45, 2.75) is 6.54 Å². The third kappa shape index (κ3) is 7.24. The monoisotopic (exact) mass is 395 g/mol. The zero-order valence-corrected chi connectivity index (χ0v) is 16.3. The average Bonchev–Trinajstić information content (AvgIpc) is 2.67. The zero-order valence-electron chi connectivity index (χ0n) is 15.5. The summed E-state index contributed by atoms with van der Waals surface area (Å²) in [6, 6.07) is 12.7. The summed E-state index contributed by atoms with van der Waals surface area (Å²) in [5, 5.41) is 0. The van der Waals surface area contributed by atoms with Gasteiger partial charge in [0.1, 0.15) is 5.75 Å². The van der Waals surface area contributed by atoms with Crippen LogP contribution in [0.3, 0.4) is 0 Å². The molecule has 0 spiro atoms. The molecule has 0 aliphatic carbocycles. The molecule has 27 heavy (non-hydrogen) atoms. The van der Waals surface area contributed by atoms with Gasteiger partial charge in [-0.15, -0.1) is 0 Å². The Hall–Kier alpha value is -2.04. The van der Waals surface area contributed by atoms with Crippen molar-refractivity contribution in [3.8, 4) is 11.6 Å². The Morgan fingerprint density at radius 2 is 1.70 bits per heavy atom. The smallest absolute Gasteiger partial charge is 0.279 e. The fraction of sp³-hybridized carbons (Fsp3) is 0.389. The molecule has 0 aliphatic rings. The summed E-state index contributed by atoms with van der Waals surface area (Å²) in [6.07, 6.45) is 1.58. The van der Waals surface area contributed by atoms with Gasteiger partial charge in [0.25, 0.3) is 10.2 Å². The van der Waals surface area contributed by atoms with Crippen LogP contribution in [0.2, 0.25) is 0 Å². The Labute approximate surface area is 160 Å². The molecule has 0 atom stereocenters. The van der Waals surface area contributed by atoms with Crippen LogP contribution in [0, 0.1) is 0 Å². The van der Waals surface area contributed by atoms with Crippen LogP contribution in [0.4, 0.5) is 0 Å². The second-order valence-corrected chi connectivity index (χ2v) is 7.38. The number of ether oxygens (including phenoxy) is 3. The van der Waals surface area contributed by atoms with Gasteiger partial charge in [-0.25, -0.2) is 4.98 Å². The normalized spacial score (nSPS) is 11.7. The number of methoxy groups -OCH3 is 2. The quantitative estimate of drug-likeness (QED) is 0.589. The molecule has 2 aromatic rings. The maximum absolute atomic E-state index is 12.5. The average molecular weight is 395 g/mol. The Morgan fingerprint density at radius 3 is 2.33 bits per heavy atom. The molecule has 1 heterocycles. The lowest BCUT2D eigenvalue weighted by atomic mass is 10.3. The molecule has 8 nitrogen and oxygen atoms in total. The first-order valence-corrected chi connectivity index (χ1v) is 9.89. The van der Waals surface area contributed by atoms with E-state index in [1.54, 1.807) is 18.3 Å². The van der Waals surface area contributed by atoms with Crippen molar-refractivity contribution in [2.24, 2.45) is 0 Å². The van der Waals surface area contributed by atoms with E-state index >= 15 is 0 Å².